The fourth-order valence-corrected chi connectivity index (χ4v) is 6.78. The summed E-state index contributed by atoms with van der Waals surface area (Å²) in [5, 5.41) is 1.67. The zero-order valence-electron chi connectivity index (χ0n) is 18.8. The Kier molecular flexibility index (Phi) is 6.64. The average Bonchev–Trinajstić information content (AvgIpc) is 3.35. The third-order valence-corrected chi connectivity index (χ3v) is 8.76. The van der Waals surface area contributed by atoms with Crippen LogP contribution < -0.4 is 9.46 Å². The molecular weight excluding hydrogens is 520 g/mol. The number of sulfonamides is 1. The van der Waals surface area contributed by atoms with Crippen LogP contribution in [0.4, 0.5) is 22.7 Å². The molecule has 0 bridgehead atoms. The lowest BCUT2D eigenvalue weighted by atomic mass is 9.84. The molecule has 3 aromatic rings. The van der Waals surface area contributed by atoms with Crippen LogP contribution in [-0.4, -0.2) is 42.6 Å². The number of alkyl halides is 3. The summed E-state index contributed by atoms with van der Waals surface area (Å²) in [6.45, 7) is 0.350. The topological polar surface area (TPSA) is 84.4 Å². The lowest BCUT2D eigenvalue weighted by Gasteiger charge is -2.46. The number of fused-ring (bicyclic) bond motifs is 1. The van der Waals surface area contributed by atoms with E-state index in [2.05, 4.69) is 14.7 Å². The quantitative estimate of drug-likeness (QED) is 0.440. The molecule has 3 atom stereocenters. The first-order chi connectivity index (χ1) is 17.1. The third kappa shape index (κ3) is 4.91. The largest absolute Gasteiger partial charge is 0.493 e. The number of ether oxygens (including phenoxy) is 1. The van der Waals surface area contributed by atoms with Crippen molar-refractivity contribution in [2.45, 2.75) is 42.4 Å². The minimum atomic E-state index is -4.32. The second-order valence-electron chi connectivity index (χ2n) is 8.72. The van der Waals surface area contributed by atoms with Gasteiger partial charge in [0.1, 0.15) is 16.5 Å². The minimum absolute atomic E-state index is 0.0837. The van der Waals surface area contributed by atoms with Crippen molar-refractivity contribution < 1.29 is 30.7 Å². The maximum Gasteiger partial charge on any atom is 0.391 e. The summed E-state index contributed by atoms with van der Waals surface area (Å²) in [5.74, 6) is -2.24. The normalized spacial score (nSPS) is 23.1. The van der Waals surface area contributed by atoms with Crippen molar-refractivity contribution in [3.63, 3.8) is 0 Å². The Morgan fingerprint density at radius 3 is 2.69 bits per heavy atom. The van der Waals surface area contributed by atoms with Gasteiger partial charge in [0.25, 0.3) is 10.0 Å². The molecule has 4 heterocycles. The molecule has 2 aliphatic heterocycles. The molecule has 0 spiro atoms. The number of likely N-dealkylation sites (tertiary alicyclic amines) is 1. The minimum Gasteiger partial charge on any atom is -0.493 e. The van der Waals surface area contributed by atoms with Gasteiger partial charge < -0.3 is 4.74 Å². The number of halogens is 4. The van der Waals surface area contributed by atoms with Gasteiger partial charge in [0.2, 0.25) is 0 Å². The van der Waals surface area contributed by atoms with Crippen molar-refractivity contribution >= 4 is 26.5 Å². The predicted molar refractivity (Wildman–Crippen MR) is 125 cm³/mol. The highest BCUT2D eigenvalue weighted by Gasteiger charge is 2.46. The lowest BCUT2D eigenvalue weighted by molar-refractivity contribution is -0.192. The predicted octanol–water partition coefficient (Wildman–Crippen LogP) is 5.32. The van der Waals surface area contributed by atoms with E-state index in [0.29, 0.717) is 17.5 Å². The number of thiazole rings is 1. The molecule has 0 amide bonds. The van der Waals surface area contributed by atoms with Crippen LogP contribution in [0, 0.1) is 11.7 Å². The number of rotatable bonds is 5. The van der Waals surface area contributed by atoms with E-state index in [9.17, 15) is 21.6 Å². The zero-order valence-corrected chi connectivity index (χ0v) is 20.4. The monoisotopic (exact) mass is 542 g/mol. The van der Waals surface area contributed by atoms with Crippen molar-refractivity contribution in [2.75, 3.05) is 17.9 Å². The number of benzene rings is 1. The zero-order chi connectivity index (χ0) is 25.5. The van der Waals surface area contributed by atoms with Crippen LogP contribution in [0.2, 0.25) is 0 Å². The summed E-state index contributed by atoms with van der Waals surface area (Å²) in [7, 11) is -4.27. The molecule has 36 heavy (non-hydrogen) atoms. The van der Waals surface area contributed by atoms with Crippen LogP contribution in [0.3, 0.4) is 0 Å². The van der Waals surface area contributed by atoms with Crippen LogP contribution in [0.25, 0.3) is 0 Å². The van der Waals surface area contributed by atoms with E-state index in [-0.39, 0.29) is 36.9 Å². The third-order valence-electron chi connectivity index (χ3n) is 6.59. The number of aromatic nitrogens is 2. The Morgan fingerprint density at radius 1 is 1.17 bits per heavy atom. The lowest BCUT2D eigenvalue weighted by Crippen LogP contribution is -2.44. The Hall–Kier alpha value is -2.77. The number of piperidine rings is 1. The standard InChI is InChI=1S/C23H22F4N4O3S2/c24-17-11-16-18(4-8-34-20(16)12-21(17)36(32,33)30-22-29-6-9-35-22)31-7-3-15(23(25,26)27)10-19(31)14-2-1-5-28-13-14/h1-2,5-6,9,11-13,15,18-19H,3-4,7-8,10H2,(H,29,30)/t15-,18+,19+/m1/s1. The van der Waals surface area contributed by atoms with Gasteiger partial charge >= 0.3 is 6.18 Å². The Bertz CT molecular complexity index is 1320. The van der Waals surface area contributed by atoms with Crippen LogP contribution in [0.5, 0.6) is 5.75 Å². The summed E-state index contributed by atoms with van der Waals surface area (Å²) in [6.07, 6.45) is 0.396. The van der Waals surface area contributed by atoms with Gasteiger partial charge in [-0.15, -0.1) is 11.3 Å². The van der Waals surface area contributed by atoms with Crippen LogP contribution in [-0.2, 0) is 10.0 Å². The van der Waals surface area contributed by atoms with E-state index >= 15 is 4.39 Å². The smallest absolute Gasteiger partial charge is 0.391 e. The van der Waals surface area contributed by atoms with Gasteiger partial charge in [0.15, 0.2) is 5.13 Å². The summed E-state index contributed by atoms with van der Waals surface area (Å²) >= 11 is 1.05. The van der Waals surface area contributed by atoms with Gasteiger partial charge in [-0.25, -0.2) is 17.8 Å². The maximum atomic E-state index is 15.2. The van der Waals surface area contributed by atoms with E-state index in [4.69, 9.17) is 4.74 Å². The first-order valence-corrected chi connectivity index (χ1v) is 13.6. The molecule has 0 unspecified atom stereocenters. The van der Waals surface area contributed by atoms with Gasteiger partial charge in [-0.2, -0.15) is 13.2 Å². The summed E-state index contributed by atoms with van der Waals surface area (Å²) in [5.41, 5.74) is 1.05. The molecule has 1 aromatic carbocycles. The molecule has 1 fully saturated rings. The summed E-state index contributed by atoms with van der Waals surface area (Å²) in [6, 6.07) is 4.62. The van der Waals surface area contributed by atoms with Gasteiger partial charge in [0, 0.05) is 54.1 Å². The molecule has 1 N–H and O–H groups in total. The van der Waals surface area contributed by atoms with E-state index in [1.165, 1.54) is 6.20 Å². The Balaban J connectivity index is 1.49. The van der Waals surface area contributed by atoms with E-state index < -0.39 is 44.9 Å². The van der Waals surface area contributed by atoms with Gasteiger partial charge in [0.05, 0.1) is 12.5 Å². The maximum absolute atomic E-state index is 15.2. The van der Waals surface area contributed by atoms with E-state index in [1.54, 1.807) is 29.9 Å². The van der Waals surface area contributed by atoms with Crippen molar-refractivity contribution in [3.05, 3.63) is 65.2 Å². The second kappa shape index (κ2) is 9.60. The SMILES string of the molecule is O=S(=O)(Nc1nccs1)c1cc2c(cc1F)[C@@H](N1CC[C@@H](C(F)(F)F)C[C@H]1c1cccnc1)CCO2. The Labute approximate surface area is 209 Å². The molecule has 13 heteroatoms. The van der Waals surface area contributed by atoms with Gasteiger partial charge in [-0.1, -0.05) is 6.07 Å². The number of anilines is 1. The van der Waals surface area contributed by atoms with Crippen LogP contribution in [0.1, 0.15) is 42.5 Å². The summed E-state index contributed by atoms with van der Waals surface area (Å²) < 4.78 is 89.6. The second-order valence-corrected chi connectivity index (χ2v) is 11.3. The van der Waals surface area contributed by atoms with Gasteiger partial charge in [-0.3, -0.25) is 14.6 Å². The first-order valence-electron chi connectivity index (χ1n) is 11.2. The highest BCUT2D eigenvalue weighted by molar-refractivity contribution is 7.93. The molecule has 2 aliphatic rings. The molecular formula is C23H22F4N4O3S2. The number of hydrogen-bond acceptors (Lipinski definition) is 7. The molecule has 7 nitrogen and oxygen atoms in total. The molecule has 0 radical (unpaired) electrons. The fraction of sp³-hybridized carbons (Fsp3) is 0.391. The molecule has 0 aliphatic carbocycles. The van der Waals surface area contributed by atoms with Crippen LogP contribution >= 0.6 is 11.3 Å². The van der Waals surface area contributed by atoms with Crippen molar-refractivity contribution in [1.29, 1.82) is 0 Å². The molecule has 5 rings (SSSR count). The number of pyridine rings is 1. The van der Waals surface area contributed by atoms with E-state index in [1.807, 2.05) is 4.90 Å². The first kappa shape index (κ1) is 24.9. The van der Waals surface area contributed by atoms with Crippen molar-refractivity contribution in [2.24, 2.45) is 5.92 Å². The highest BCUT2D eigenvalue weighted by Crippen LogP contribution is 2.48. The molecule has 1 saturated heterocycles. The number of nitrogens with zero attached hydrogens (tertiary/aromatic N) is 3. The molecule has 192 valence electrons. The van der Waals surface area contributed by atoms with Gasteiger partial charge in [-0.05, 0) is 37.1 Å². The summed E-state index contributed by atoms with van der Waals surface area (Å²) in [4.78, 5) is 9.29. The number of nitrogens with one attached hydrogen (secondary N) is 1. The van der Waals surface area contributed by atoms with Crippen molar-refractivity contribution in [1.82, 2.24) is 14.9 Å². The van der Waals surface area contributed by atoms with Crippen molar-refractivity contribution in [3.8, 4) is 5.75 Å². The average molecular weight is 543 g/mol. The Morgan fingerprint density at radius 2 is 2.00 bits per heavy atom. The van der Waals surface area contributed by atoms with Crippen LogP contribution in [0.15, 0.2) is 53.1 Å². The number of hydrogen-bond donors (Lipinski definition) is 1. The fourth-order valence-electron chi connectivity index (χ4n) is 4.92. The molecule has 2 aromatic heterocycles. The highest BCUT2D eigenvalue weighted by atomic mass is 32.2. The van der Waals surface area contributed by atoms with E-state index in [0.717, 1.165) is 23.5 Å². The molecule has 0 saturated carbocycles.